The highest BCUT2D eigenvalue weighted by atomic mass is 32.2. The molecule has 5 N–H and O–H groups in total. The lowest BCUT2D eigenvalue weighted by molar-refractivity contribution is -0.148. The summed E-state index contributed by atoms with van der Waals surface area (Å²) in [7, 11) is -3.57. The molecule has 1 aliphatic carbocycles. The molecule has 10 nitrogen and oxygen atoms in total. The molecule has 3 heterocycles. The summed E-state index contributed by atoms with van der Waals surface area (Å²) in [5, 5.41) is 3.27. The van der Waals surface area contributed by atoms with Gasteiger partial charge in [0.1, 0.15) is 11.9 Å². The molecule has 0 atom stereocenters. The average Bonchev–Trinajstić information content (AvgIpc) is 3.38. The number of amides is 1. The van der Waals surface area contributed by atoms with E-state index < -0.39 is 32.9 Å². The molecule has 1 aromatic heterocycles. The molecular weight excluding hydrogens is 515 g/mol. The smallest absolute Gasteiger partial charge is 0.319 e. The van der Waals surface area contributed by atoms with E-state index in [1.54, 1.807) is 10.6 Å². The number of carbonyl (C=O) groups excluding carboxylic acids is 2. The van der Waals surface area contributed by atoms with Crippen LogP contribution < -0.4 is 16.8 Å². The number of hydrogen-bond acceptors (Lipinski definition) is 8. The number of nitrogens with one attached hydrogen (secondary N) is 1. The van der Waals surface area contributed by atoms with Crippen molar-refractivity contribution in [1.29, 1.82) is 0 Å². The maximum atomic E-state index is 15.5. The molecule has 3 aliphatic rings. The standard InChI is InChI=1S/C26H33FN4O6S/c1-26(2)9-20-24(38(34,35)13-26)17-11-36-12-21(17)31(20)15-7-18(27)23(25(29)33)19(8-15)30-14-3-5-16(6-4-14)37-22(32)10-28/h7-8,14,16,30H,3-6,9-13,28H2,1-2H3,(H2,29,33)/t14-,16-. The summed E-state index contributed by atoms with van der Waals surface area (Å²) in [5.41, 5.74) is 12.7. The van der Waals surface area contributed by atoms with Gasteiger partial charge in [-0.15, -0.1) is 0 Å². The Balaban J connectivity index is 1.54. The normalized spacial score (nSPS) is 23.4. The zero-order valence-electron chi connectivity index (χ0n) is 21.5. The first-order chi connectivity index (χ1) is 17.9. The summed E-state index contributed by atoms with van der Waals surface area (Å²) in [5.74, 6) is -2.14. The van der Waals surface area contributed by atoms with Crippen LogP contribution >= 0.6 is 0 Å². The summed E-state index contributed by atoms with van der Waals surface area (Å²) in [6.07, 6.45) is 2.70. The molecule has 12 heteroatoms. The Labute approximate surface area is 220 Å². The molecule has 0 spiro atoms. The molecular formula is C26H33FN4O6S. The molecule has 1 saturated carbocycles. The van der Waals surface area contributed by atoms with Crippen molar-refractivity contribution in [2.45, 2.75) is 76.2 Å². The number of hydrogen-bond donors (Lipinski definition) is 3. The zero-order chi connectivity index (χ0) is 27.4. The minimum absolute atomic E-state index is 0.0223. The van der Waals surface area contributed by atoms with Gasteiger partial charge in [-0.2, -0.15) is 0 Å². The maximum Gasteiger partial charge on any atom is 0.319 e. The van der Waals surface area contributed by atoms with Crippen molar-refractivity contribution in [3.8, 4) is 5.69 Å². The predicted molar refractivity (Wildman–Crippen MR) is 137 cm³/mol. The van der Waals surface area contributed by atoms with Gasteiger partial charge in [0.15, 0.2) is 9.84 Å². The third kappa shape index (κ3) is 4.80. The predicted octanol–water partition coefficient (Wildman–Crippen LogP) is 2.33. The van der Waals surface area contributed by atoms with Crippen LogP contribution in [0.4, 0.5) is 10.1 Å². The van der Waals surface area contributed by atoms with E-state index in [0.29, 0.717) is 54.7 Å². The van der Waals surface area contributed by atoms with E-state index in [0.717, 1.165) is 0 Å². The van der Waals surface area contributed by atoms with E-state index in [2.05, 4.69) is 5.32 Å². The Morgan fingerprint density at radius 3 is 2.55 bits per heavy atom. The Morgan fingerprint density at radius 2 is 1.89 bits per heavy atom. The molecule has 2 aromatic rings. The number of halogens is 1. The van der Waals surface area contributed by atoms with E-state index in [4.69, 9.17) is 20.9 Å². The first kappa shape index (κ1) is 26.6. The van der Waals surface area contributed by atoms with Crippen LogP contribution in [0.5, 0.6) is 0 Å². The van der Waals surface area contributed by atoms with E-state index in [1.165, 1.54) is 6.07 Å². The van der Waals surface area contributed by atoms with Crippen molar-refractivity contribution in [3.05, 3.63) is 40.5 Å². The highest BCUT2D eigenvalue weighted by Crippen LogP contribution is 2.44. The number of primary amides is 1. The molecule has 206 valence electrons. The molecule has 1 aromatic carbocycles. The number of ether oxygens (including phenoxy) is 2. The van der Waals surface area contributed by atoms with Crippen LogP contribution in [-0.4, -0.2) is 49.3 Å². The molecule has 0 bridgehead atoms. The van der Waals surface area contributed by atoms with E-state index >= 15 is 4.39 Å². The highest BCUT2D eigenvalue weighted by Gasteiger charge is 2.43. The van der Waals surface area contributed by atoms with Crippen LogP contribution in [0.1, 0.15) is 66.8 Å². The van der Waals surface area contributed by atoms with Crippen LogP contribution in [0.2, 0.25) is 0 Å². The van der Waals surface area contributed by atoms with Crippen molar-refractivity contribution < 1.29 is 31.9 Å². The van der Waals surface area contributed by atoms with E-state index in [9.17, 15) is 18.0 Å². The number of anilines is 1. The van der Waals surface area contributed by atoms with Crippen LogP contribution in [0.15, 0.2) is 17.0 Å². The van der Waals surface area contributed by atoms with Crippen molar-refractivity contribution in [2.75, 3.05) is 17.6 Å². The van der Waals surface area contributed by atoms with Gasteiger partial charge in [0.05, 0.1) is 53.0 Å². The van der Waals surface area contributed by atoms with Gasteiger partial charge in [-0.25, -0.2) is 12.8 Å². The zero-order valence-corrected chi connectivity index (χ0v) is 22.3. The molecule has 2 aliphatic heterocycles. The topological polar surface area (TPSA) is 156 Å². The van der Waals surface area contributed by atoms with Crippen molar-refractivity contribution in [1.82, 2.24) is 4.57 Å². The van der Waals surface area contributed by atoms with Gasteiger partial charge in [0.2, 0.25) is 0 Å². The molecule has 5 rings (SSSR count). The second-order valence-electron chi connectivity index (χ2n) is 11.2. The largest absolute Gasteiger partial charge is 0.461 e. The highest BCUT2D eigenvalue weighted by molar-refractivity contribution is 7.91. The fourth-order valence-corrected chi connectivity index (χ4v) is 8.40. The van der Waals surface area contributed by atoms with Gasteiger partial charge >= 0.3 is 5.97 Å². The van der Waals surface area contributed by atoms with Crippen LogP contribution in [-0.2, 0) is 43.7 Å². The van der Waals surface area contributed by atoms with Crippen LogP contribution in [0, 0.1) is 11.2 Å². The Morgan fingerprint density at radius 1 is 1.18 bits per heavy atom. The second kappa shape index (κ2) is 9.65. The number of sulfone groups is 1. The van der Waals surface area contributed by atoms with Gasteiger partial charge in [-0.3, -0.25) is 9.59 Å². The third-order valence-corrected chi connectivity index (χ3v) is 9.79. The fraction of sp³-hybridized carbons (Fsp3) is 0.538. The minimum Gasteiger partial charge on any atom is -0.461 e. The van der Waals surface area contributed by atoms with Crippen molar-refractivity contribution >= 4 is 27.4 Å². The third-order valence-electron chi connectivity index (χ3n) is 7.53. The number of benzene rings is 1. The van der Waals surface area contributed by atoms with Crippen LogP contribution in [0.25, 0.3) is 5.69 Å². The second-order valence-corrected chi connectivity index (χ2v) is 13.1. The Hall–Kier alpha value is -2.96. The summed E-state index contributed by atoms with van der Waals surface area (Å²) in [4.78, 5) is 24.0. The van der Waals surface area contributed by atoms with Gasteiger partial charge in [-0.05, 0) is 49.7 Å². The number of esters is 1. The average molecular weight is 549 g/mol. The first-order valence-electron chi connectivity index (χ1n) is 12.8. The van der Waals surface area contributed by atoms with Crippen molar-refractivity contribution in [2.24, 2.45) is 16.9 Å². The minimum atomic E-state index is -3.57. The van der Waals surface area contributed by atoms with E-state index in [-0.39, 0.29) is 53.8 Å². The summed E-state index contributed by atoms with van der Waals surface area (Å²) in [6.45, 7) is 4.00. The van der Waals surface area contributed by atoms with Crippen LogP contribution in [0.3, 0.4) is 0 Å². The quantitative estimate of drug-likeness (QED) is 0.465. The molecule has 0 radical (unpaired) electrons. The van der Waals surface area contributed by atoms with Gasteiger partial charge in [-0.1, -0.05) is 13.8 Å². The number of fused-ring (bicyclic) bond motifs is 3. The molecule has 1 fully saturated rings. The lowest BCUT2D eigenvalue weighted by Gasteiger charge is -2.31. The van der Waals surface area contributed by atoms with E-state index in [1.807, 2.05) is 13.8 Å². The van der Waals surface area contributed by atoms with Gasteiger partial charge < -0.3 is 30.8 Å². The molecule has 38 heavy (non-hydrogen) atoms. The molecule has 1 amide bonds. The fourth-order valence-electron chi connectivity index (χ4n) is 6.05. The number of carbonyl (C=O) groups is 2. The molecule has 0 unspecified atom stereocenters. The lowest BCUT2D eigenvalue weighted by atomic mass is 9.89. The summed E-state index contributed by atoms with van der Waals surface area (Å²) >= 11 is 0. The summed E-state index contributed by atoms with van der Waals surface area (Å²) < 4.78 is 54.8. The number of aromatic nitrogens is 1. The number of nitrogens with zero attached hydrogens (tertiary/aromatic N) is 1. The Bertz CT molecular complexity index is 1410. The van der Waals surface area contributed by atoms with Crippen molar-refractivity contribution in [3.63, 3.8) is 0 Å². The molecule has 0 saturated heterocycles. The maximum absolute atomic E-state index is 15.5. The number of rotatable bonds is 6. The number of nitrogens with two attached hydrogens (primary N) is 2. The Kier molecular flexibility index (Phi) is 6.77. The van der Waals surface area contributed by atoms with Gasteiger partial charge in [0, 0.05) is 17.3 Å². The van der Waals surface area contributed by atoms with Gasteiger partial charge in [0.25, 0.3) is 5.91 Å². The lowest BCUT2D eigenvalue weighted by Crippen LogP contribution is -2.33. The summed E-state index contributed by atoms with van der Waals surface area (Å²) in [6, 6.07) is 2.76. The first-order valence-corrected chi connectivity index (χ1v) is 14.4. The monoisotopic (exact) mass is 548 g/mol. The SMILES string of the molecule is CC1(C)Cc2c(c3c(n2-c2cc(F)c(C(N)=O)c(N[C@H]4CC[C@H](OC(=O)CN)CC4)c2)COC3)S(=O)(=O)C1.